The Morgan fingerprint density at radius 2 is 2.43 bits per heavy atom. The van der Waals surface area contributed by atoms with Crippen molar-refractivity contribution in [2.45, 2.75) is 38.3 Å². The highest BCUT2D eigenvalue weighted by molar-refractivity contribution is 5.10. The average molecular weight is 196 g/mol. The van der Waals surface area contributed by atoms with Gasteiger partial charge in [-0.2, -0.15) is 0 Å². The Morgan fingerprint density at radius 1 is 1.71 bits per heavy atom. The number of nitrogens with two attached hydrogens (primary N) is 1. The minimum Gasteiger partial charge on any atom is -0.445 e. The number of nitrogens with zero attached hydrogens (tertiary/aromatic N) is 1. The van der Waals surface area contributed by atoms with Crippen molar-refractivity contribution in [1.82, 2.24) is 4.98 Å². The molecule has 78 valence electrons. The Hall–Kier alpha value is -0.870. The van der Waals surface area contributed by atoms with Gasteiger partial charge in [0.2, 0.25) is 0 Å². The summed E-state index contributed by atoms with van der Waals surface area (Å²) in [6.07, 6.45) is 4.00. The number of aromatic nitrogens is 1. The molecule has 0 spiro atoms. The summed E-state index contributed by atoms with van der Waals surface area (Å²) < 4.78 is 5.11. The molecule has 1 aromatic rings. The highest BCUT2D eigenvalue weighted by atomic mass is 16.4. The summed E-state index contributed by atoms with van der Waals surface area (Å²) in [7, 11) is 0. The van der Waals surface area contributed by atoms with Crippen molar-refractivity contribution in [3.05, 3.63) is 17.8 Å². The van der Waals surface area contributed by atoms with Crippen LogP contribution >= 0.6 is 0 Å². The number of hydrogen-bond acceptors (Lipinski definition) is 4. The van der Waals surface area contributed by atoms with Crippen LogP contribution in [0.1, 0.15) is 36.8 Å². The molecule has 1 heterocycles. The van der Waals surface area contributed by atoms with E-state index in [0.29, 0.717) is 11.7 Å². The summed E-state index contributed by atoms with van der Waals surface area (Å²) in [4.78, 5) is 3.93. The second kappa shape index (κ2) is 3.71. The van der Waals surface area contributed by atoms with E-state index in [9.17, 15) is 5.11 Å². The van der Waals surface area contributed by atoms with Gasteiger partial charge in [0.15, 0.2) is 12.2 Å². The van der Waals surface area contributed by atoms with Crippen LogP contribution in [0.2, 0.25) is 0 Å². The minimum atomic E-state index is -0.710. The largest absolute Gasteiger partial charge is 0.445 e. The molecule has 1 saturated carbocycles. The van der Waals surface area contributed by atoms with Crippen molar-refractivity contribution in [3.8, 4) is 0 Å². The third-order valence-corrected chi connectivity index (χ3v) is 2.76. The fourth-order valence-corrected chi connectivity index (χ4v) is 1.66. The maximum absolute atomic E-state index is 9.88. The van der Waals surface area contributed by atoms with Crippen molar-refractivity contribution in [3.63, 3.8) is 0 Å². The Morgan fingerprint density at radius 3 is 2.93 bits per heavy atom. The molecule has 14 heavy (non-hydrogen) atoms. The van der Waals surface area contributed by atoms with Gasteiger partial charge in [-0.25, -0.2) is 4.98 Å². The summed E-state index contributed by atoms with van der Waals surface area (Å²) in [5.41, 5.74) is 6.61. The maximum Gasteiger partial charge on any atom is 0.181 e. The lowest BCUT2D eigenvalue weighted by Crippen LogP contribution is -2.29. The van der Waals surface area contributed by atoms with E-state index in [1.165, 1.54) is 19.2 Å². The lowest BCUT2D eigenvalue weighted by molar-refractivity contribution is 0.114. The van der Waals surface area contributed by atoms with Crippen molar-refractivity contribution >= 4 is 0 Å². The second-order valence-electron chi connectivity index (χ2n) is 4.09. The topological polar surface area (TPSA) is 72.3 Å². The zero-order chi connectivity index (χ0) is 10.1. The number of hydrogen-bond donors (Lipinski definition) is 2. The molecular weight excluding hydrogens is 180 g/mol. The molecule has 3 N–H and O–H groups in total. The van der Waals surface area contributed by atoms with Crippen molar-refractivity contribution in [1.29, 1.82) is 0 Å². The van der Waals surface area contributed by atoms with Crippen molar-refractivity contribution in [2.24, 2.45) is 11.7 Å². The molecule has 0 radical (unpaired) electrons. The highest BCUT2D eigenvalue weighted by Crippen LogP contribution is 2.35. The van der Waals surface area contributed by atoms with Gasteiger partial charge in [0.25, 0.3) is 0 Å². The molecule has 2 rings (SSSR count). The first-order chi connectivity index (χ1) is 6.68. The normalized spacial score (nSPS) is 20.8. The van der Waals surface area contributed by atoms with Crippen molar-refractivity contribution < 1.29 is 9.52 Å². The Bertz CT molecular complexity index is 307. The zero-order valence-electron chi connectivity index (χ0n) is 8.31. The predicted molar refractivity (Wildman–Crippen MR) is 51.5 cm³/mol. The number of aliphatic hydroxyl groups excluding tert-OH is 1. The van der Waals surface area contributed by atoms with Crippen LogP contribution in [0.4, 0.5) is 0 Å². The summed E-state index contributed by atoms with van der Waals surface area (Å²) in [6.45, 7) is 1.81. The van der Waals surface area contributed by atoms with Gasteiger partial charge in [0, 0.05) is 6.04 Å². The Labute approximate surface area is 83.1 Å². The van der Waals surface area contributed by atoms with E-state index in [0.717, 1.165) is 12.1 Å². The van der Waals surface area contributed by atoms with Crippen LogP contribution in [0, 0.1) is 12.8 Å². The van der Waals surface area contributed by atoms with Crippen LogP contribution < -0.4 is 5.73 Å². The van der Waals surface area contributed by atoms with Crippen LogP contribution in [0.5, 0.6) is 0 Å². The first kappa shape index (κ1) is 9.68. The predicted octanol–water partition coefficient (Wildman–Crippen LogP) is 1.14. The third kappa shape index (κ3) is 1.96. The lowest BCUT2D eigenvalue weighted by Gasteiger charge is -2.16. The lowest BCUT2D eigenvalue weighted by atomic mass is 10.0. The number of aliphatic hydroxyl groups is 1. The van der Waals surface area contributed by atoms with Crippen LogP contribution in [-0.4, -0.2) is 16.1 Å². The molecule has 1 aliphatic carbocycles. The van der Waals surface area contributed by atoms with E-state index in [1.54, 1.807) is 0 Å². The van der Waals surface area contributed by atoms with Crippen LogP contribution in [0.25, 0.3) is 0 Å². The summed E-state index contributed by atoms with van der Waals surface area (Å²) in [5, 5.41) is 9.88. The van der Waals surface area contributed by atoms with Gasteiger partial charge in [0.05, 0.1) is 5.69 Å². The van der Waals surface area contributed by atoms with Gasteiger partial charge < -0.3 is 15.3 Å². The first-order valence-corrected chi connectivity index (χ1v) is 5.02. The van der Waals surface area contributed by atoms with Gasteiger partial charge in [-0.15, -0.1) is 0 Å². The summed E-state index contributed by atoms with van der Waals surface area (Å²) in [6, 6.07) is -0.228. The summed E-state index contributed by atoms with van der Waals surface area (Å²) in [5.74, 6) is 1.22. The monoisotopic (exact) mass is 196 g/mol. The number of aryl methyl sites for hydroxylation is 1. The van der Waals surface area contributed by atoms with Gasteiger partial charge >= 0.3 is 0 Å². The molecule has 0 amide bonds. The average Bonchev–Trinajstić information content (AvgIpc) is 2.86. The van der Waals surface area contributed by atoms with E-state index in [-0.39, 0.29) is 6.04 Å². The summed E-state index contributed by atoms with van der Waals surface area (Å²) >= 11 is 0. The highest BCUT2D eigenvalue weighted by Gasteiger charge is 2.29. The maximum atomic E-state index is 9.88. The van der Waals surface area contributed by atoms with Gasteiger partial charge in [0.1, 0.15) is 6.10 Å². The Balaban J connectivity index is 1.99. The van der Waals surface area contributed by atoms with Crippen LogP contribution in [-0.2, 0) is 0 Å². The smallest absolute Gasteiger partial charge is 0.181 e. The molecular formula is C10H16N2O2. The molecule has 4 nitrogen and oxygen atoms in total. The quantitative estimate of drug-likeness (QED) is 0.757. The molecule has 1 aliphatic rings. The molecule has 0 aliphatic heterocycles. The Kier molecular flexibility index (Phi) is 2.56. The third-order valence-electron chi connectivity index (χ3n) is 2.76. The standard InChI is InChI=1S/C10H16N2O2/c1-6-10(14-5-12-6)9(13)8(11)4-7-2-3-7/h5,7-9,13H,2-4,11H2,1H3. The van der Waals surface area contributed by atoms with E-state index in [4.69, 9.17) is 10.2 Å². The van der Waals surface area contributed by atoms with E-state index >= 15 is 0 Å². The number of oxazole rings is 1. The van der Waals surface area contributed by atoms with E-state index in [1.807, 2.05) is 6.92 Å². The second-order valence-corrected chi connectivity index (χ2v) is 4.09. The molecule has 2 unspecified atom stereocenters. The van der Waals surface area contributed by atoms with E-state index in [2.05, 4.69) is 4.98 Å². The minimum absolute atomic E-state index is 0.228. The molecule has 2 atom stereocenters. The van der Waals surface area contributed by atoms with Crippen LogP contribution in [0.15, 0.2) is 10.8 Å². The molecule has 0 aromatic carbocycles. The van der Waals surface area contributed by atoms with Gasteiger partial charge in [-0.3, -0.25) is 0 Å². The molecule has 4 heteroatoms. The fraction of sp³-hybridized carbons (Fsp3) is 0.700. The SMILES string of the molecule is Cc1ncoc1C(O)C(N)CC1CC1. The van der Waals surface area contributed by atoms with Crippen molar-refractivity contribution in [2.75, 3.05) is 0 Å². The first-order valence-electron chi connectivity index (χ1n) is 5.02. The van der Waals surface area contributed by atoms with E-state index < -0.39 is 6.10 Å². The fourth-order valence-electron chi connectivity index (χ4n) is 1.66. The number of rotatable bonds is 4. The molecule has 0 saturated heterocycles. The van der Waals surface area contributed by atoms with Crippen LogP contribution in [0.3, 0.4) is 0 Å². The molecule has 1 aromatic heterocycles. The molecule has 0 bridgehead atoms. The van der Waals surface area contributed by atoms with Gasteiger partial charge in [-0.05, 0) is 19.3 Å². The van der Waals surface area contributed by atoms with Gasteiger partial charge in [-0.1, -0.05) is 12.8 Å². The molecule has 1 fully saturated rings. The zero-order valence-corrected chi connectivity index (χ0v) is 8.31.